The predicted octanol–water partition coefficient (Wildman–Crippen LogP) is 2.28. The van der Waals surface area contributed by atoms with Gasteiger partial charge in [-0.2, -0.15) is 0 Å². The van der Waals surface area contributed by atoms with Crippen molar-refractivity contribution < 1.29 is 14.6 Å². The van der Waals surface area contributed by atoms with Gasteiger partial charge in [0.25, 0.3) is 0 Å². The van der Waals surface area contributed by atoms with E-state index in [1.54, 1.807) is 18.2 Å². The molecule has 5 heteroatoms. The molecule has 0 radical (unpaired) electrons. The number of carboxylic acid groups (broad SMARTS) is 1. The average molecular weight is 298 g/mol. The van der Waals surface area contributed by atoms with Gasteiger partial charge >= 0.3 is 5.97 Å². The lowest BCUT2D eigenvalue weighted by atomic mass is 10.0. The molecule has 22 heavy (non-hydrogen) atoms. The van der Waals surface area contributed by atoms with Crippen LogP contribution in [0.1, 0.15) is 15.9 Å². The maximum Gasteiger partial charge on any atom is 0.336 e. The van der Waals surface area contributed by atoms with Crippen molar-refractivity contribution in [2.75, 3.05) is 26.3 Å². The lowest BCUT2D eigenvalue weighted by molar-refractivity contribution is 0.0341. The van der Waals surface area contributed by atoms with E-state index in [0.29, 0.717) is 11.3 Å². The van der Waals surface area contributed by atoms with Crippen LogP contribution in [-0.4, -0.2) is 47.3 Å². The number of carbonyl (C=O) groups is 1. The van der Waals surface area contributed by atoms with Crippen molar-refractivity contribution in [3.8, 4) is 11.3 Å². The topological polar surface area (TPSA) is 62.7 Å². The van der Waals surface area contributed by atoms with Gasteiger partial charge < -0.3 is 9.84 Å². The van der Waals surface area contributed by atoms with Gasteiger partial charge in [0.15, 0.2) is 0 Å². The molecular weight excluding hydrogens is 280 g/mol. The Bertz CT molecular complexity index is 649. The van der Waals surface area contributed by atoms with Crippen LogP contribution in [0.4, 0.5) is 0 Å². The third kappa shape index (κ3) is 3.32. The van der Waals surface area contributed by atoms with Gasteiger partial charge in [-0.05, 0) is 17.7 Å². The van der Waals surface area contributed by atoms with Crippen molar-refractivity contribution in [3.63, 3.8) is 0 Å². The number of hydrogen-bond acceptors (Lipinski definition) is 4. The third-order valence-electron chi connectivity index (χ3n) is 3.77. The second-order valence-electron chi connectivity index (χ2n) is 5.29. The summed E-state index contributed by atoms with van der Waals surface area (Å²) in [5, 5.41) is 9.25. The second kappa shape index (κ2) is 6.68. The first-order valence-corrected chi connectivity index (χ1v) is 7.32. The Morgan fingerprint density at radius 1 is 1.18 bits per heavy atom. The number of pyridine rings is 1. The normalized spacial score (nSPS) is 15.6. The quantitative estimate of drug-likeness (QED) is 0.938. The molecule has 5 nitrogen and oxygen atoms in total. The summed E-state index contributed by atoms with van der Waals surface area (Å²) in [5.41, 5.74) is 2.73. The molecule has 0 saturated carbocycles. The molecule has 0 spiro atoms. The van der Waals surface area contributed by atoms with Crippen molar-refractivity contribution in [2.45, 2.75) is 6.54 Å². The maximum absolute atomic E-state index is 11.3. The Morgan fingerprint density at radius 3 is 2.64 bits per heavy atom. The first kappa shape index (κ1) is 14.7. The van der Waals surface area contributed by atoms with Crippen LogP contribution in [0, 0.1) is 0 Å². The number of rotatable bonds is 4. The number of carboxylic acids is 1. The molecule has 0 amide bonds. The van der Waals surface area contributed by atoms with Crippen LogP contribution in [0.5, 0.6) is 0 Å². The monoisotopic (exact) mass is 298 g/mol. The molecule has 1 fully saturated rings. The van der Waals surface area contributed by atoms with Crippen LogP contribution in [-0.2, 0) is 11.3 Å². The summed E-state index contributed by atoms with van der Waals surface area (Å²) in [6.45, 7) is 4.26. The number of ether oxygens (including phenoxy) is 1. The largest absolute Gasteiger partial charge is 0.478 e. The van der Waals surface area contributed by atoms with Crippen molar-refractivity contribution in [3.05, 3.63) is 53.7 Å². The lowest BCUT2D eigenvalue weighted by Crippen LogP contribution is -2.35. The highest BCUT2D eigenvalue weighted by molar-refractivity contribution is 5.95. The molecule has 1 aromatic carbocycles. The van der Waals surface area contributed by atoms with Crippen molar-refractivity contribution in [1.29, 1.82) is 0 Å². The minimum Gasteiger partial charge on any atom is -0.478 e. The number of aromatic nitrogens is 1. The Hall–Kier alpha value is -2.24. The van der Waals surface area contributed by atoms with Gasteiger partial charge in [-0.3, -0.25) is 9.88 Å². The van der Waals surface area contributed by atoms with E-state index in [9.17, 15) is 9.90 Å². The fourth-order valence-corrected chi connectivity index (χ4v) is 2.59. The van der Waals surface area contributed by atoms with E-state index in [4.69, 9.17) is 4.74 Å². The summed E-state index contributed by atoms with van der Waals surface area (Å²) in [6.07, 6.45) is 1.82. The molecule has 0 unspecified atom stereocenters. The predicted molar refractivity (Wildman–Crippen MR) is 82.7 cm³/mol. The summed E-state index contributed by atoms with van der Waals surface area (Å²) in [6, 6.07) is 10.8. The summed E-state index contributed by atoms with van der Waals surface area (Å²) < 4.78 is 5.34. The molecule has 0 atom stereocenters. The Kier molecular flexibility index (Phi) is 4.46. The highest BCUT2D eigenvalue weighted by Crippen LogP contribution is 2.22. The summed E-state index contributed by atoms with van der Waals surface area (Å²) >= 11 is 0. The zero-order valence-corrected chi connectivity index (χ0v) is 12.2. The molecule has 0 bridgehead atoms. The fourth-order valence-electron chi connectivity index (χ4n) is 2.59. The van der Waals surface area contributed by atoms with Gasteiger partial charge in [-0.1, -0.05) is 24.3 Å². The van der Waals surface area contributed by atoms with E-state index in [2.05, 4.69) is 9.88 Å². The van der Waals surface area contributed by atoms with E-state index < -0.39 is 5.97 Å². The molecule has 3 rings (SSSR count). The molecule has 1 N–H and O–H groups in total. The second-order valence-corrected chi connectivity index (χ2v) is 5.29. The first-order valence-electron chi connectivity index (χ1n) is 7.32. The summed E-state index contributed by atoms with van der Waals surface area (Å²) in [5.74, 6) is -0.935. The minimum atomic E-state index is -0.935. The van der Waals surface area contributed by atoms with Crippen LogP contribution < -0.4 is 0 Å². The van der Waals surface area contributed by atoms with Crippen LogP contribution in [0.2, 0.25) is 0 Å². The molecule has 1 saturated heterocycles. The van der Waals surface area contributed by atoms with Gasteiger partial charge in [0, 0.05) is 31.4 Å². The van der Waals surface area contributed by atoms with Crippen LogP contribution in [0.3, 0.4) is 0 Å². The van der Waals surface area contributed by atoms with Gasteiger partial charge in [-0.15, -0.1) is 0 Å². The Labute approximate surface area is 129 Å². The molecule has 2 aromatic rings. The van der Waals surface area contributed by atoms with Crippen molar-refractivity contribution >= 4 is 5.97 Å². The number of benzene rings is 1. The zero-order valence-electron chi connectivity index (χ0n) is 12.2. The van der Waals surface area contributed by atoms with Gasteiger partial charge in [0.05, 0.1) is 24.5 Å². The minimum absolute atomic E-state index is 0.274. The molecule has 2 heterocycles. The zero-order chi connectivity index (χ0) is 15.4. The average Bonchev–Trinajstić information content (AvgIpc) is 2.56. The molecule has 1 aromatic heterocycles. The number of aromatic carboxylic acids is 1. The molecule has 1 aliphatic rings. The van der Waals surface area contributed by atoms with Gasteiger partial charge in [0.1, 0.15) is 0 Å². The molecule has 1 aliphatic heterocycles. The van der Waals surface area contributed by atoms with Crippen LogP contribution in [0.15, 0.2) is 42.6 Å². The standard InChI is InChI=1S/C17H18N2O3/c20-17(21)15-4-2-1-3-14(15)16-6-5-13(11-18-16)12-19-7-9-22-10-8-19/h1-6,11H,7-10,12H2,(H,20,21). The highest BCUT2D eigenvalue weighted by atomic mass is 16.5. The SMILES string of the molecule is O=C(O)c1ccccc1-c1ccc(CN2CCOCC2)cn1. The van der Waals surface area contributed by atoms with E-state index in [-0.39, 0.29) is 5.56 Å². The Balaban J connectivity index is 1.78. The number of hydrogen-bond donors (Lipinski definition) is 1. The maximum atomic E-state index is 11.3. The van der Waals surface area contributed by atoms with Crippen LogP contribution in [0.25, 0.3) is 11.3 Å². The summed E-state index contributed by atoms with van der Waals surface area (Å²) in [7, 11) is 0. The fraction of sp³-hybridized carbons (Fsp3) is 0.294. The van der Waals surface area contributed by atoms with E-state index in [1.807, 2.05) is 24.4 Å². The molecule has 114 valence electrons. The van der Waals surface area contributed by atoms with E-state index in [1.165, 1.54) is 0 Å². The molecular formula is C17H18N2O3. The molecule has 0 aliphatic carbocycles. The number of morpholine rings is 1. The smallest absolute Gasteiger partial charge is 0.336 e. The van der Waals surface area contributed by atoms with Gasteiger partial charge in [0.2, 0.25) is 0 Å². The third-order valence-corrected chi connectivity index (χ3v) is 3.77. The lowest BCUT2D eigenvalue weighted by Gasteiger charge is -2.26. The first-order chi connectivity index (χ1) is 10.7. The van der Waals surface area contributed by atoms with E-state index >= 15 is 0 Å². The van der Waals surface area contributed by atoms with E-state index in [0.717, 1.165) is 38.4 Å². The van der Waals surface area contributed by atoms with Crippen LogP contribution >= 0.6 is 0 Å². The van der Waals surface area contributed by atoms with Gasteiger partial charge in [-0.25, -0.2) is 4.79 Å². The Morgan fingerprint density at radius 2 is 1.95 bits per heavy atom. The van der Waals surface area contributed by atoms with Crippen molar-refractivity contribution in [1.82, 2.24) is 9.88 Å². The number of nitrogens with zero attached hydrogens (tertiary/aromatic N) is 2. The van der Waals surface area contributed by atoms with Crippen molar-refractivity contribution in [2.24, 2.45) is 0 Å². The summed E-state index contributed by atoms with van der Waals surface area (Å²) in [4.78, 5) is 18.0. The highest BCUT2D eigenvalue weighted by Gasteiger charge is 2.13.